The molecular formula is C27H26N6O3. The highest BCUT2D eigenvalue weighted by atomic mass is 16.5. The van der Waals surface area contributed by atoms with E-state index in [0.717, 1.165) is 39.3 Å². The molecule has 2 aliphatic rings. The molecule has 0 saturated heterocycles. The Labute approximate surface area is 208 Å². The summed E-state index contributed by atoms with van der Waals surface area (Å²) < 4.78 is 11.9. The number of aliphatic hydroxyl groups is 1. The lowest BCUT2D eigenvalue weighted by Gasteiger charge is -2.14. The standard InChI is InChI=1S/C27H26N6O3/c1-15-9-17(5-8-24(15)35-20-6-3-16(2)28-13-20)31-26-21-10-18(4-7-22(21)29-14-30-26)32-27-33-23-11-19(34)12-25(23)36-27/h3-10,13-14,19,23,25,34H,11-12H2,1-2H3,(H,32,33)(H,29,30,31)/t19-,23-,25+/m1/s1. The lowest BCUT2D eigenvalue weighted by molar-refractivity contribution is 0.148. The molecule has 3 heterocycles. The third kappa shape index (κ3) is 4.52. The molecule has 3 atom stereocenters. The second-order valence-electron chi connectivity index (χ2n) is 9.20. The van der Waals surface area contributed by atoms with Crippen LogP contribution >= 0.6 is 0 Å². The van der Waals surface area contributed by atoms with Crippen LogP contribution in [0.3, 0.4) is 0 Å². The number of hydrogen-bond donors (Lipinski definition) is 3. The number of ether oxygens (including phenoxy) is 2. The Morgan fingerprint density at radius 3 is 2.61 bits per heavy atom. The van der Waals surface area contributed by atoms with Gasteiger partial charge in [-0.1, -0.05) is 0 Å². The number of pyridine rings is 1. The van der Waals surface area contributed by atoms with Crippen LogP contribution in [-0.2, 0) is 4.74 Å². The van der Waals surface area contributed by atoms with Crippen molar-refractivity contribution in [3.05, 3.63) is 72.3 Å². The van der Waals surface area contributed by atoms with Crippen molar-refractivity contribution < 1.29 is 14.6 Å². The van der Waals surface area contributed by atoms with Crippen LogP contribution in [0.1, 0.15) is 24.1 Å². The number of nitrogens with one attached hydrogen (secondary N) is 2. The molecule has 0 amide bonds. The number of rotatable bonds is 5. The summed E-state index contributed by atoms with van der Waals surface area (Å²) in [5.74, 6) is 2.15. The van der Waals surface area contributed by atoms with E-state index in [1.807, 2.05) is 62.4 Å². The molecule has 3 N–H and O–H groups in total. The van der Waals surface area contributed by atoms with Gasteiger partial charge in [-0.2, -0.15) is 0 Å². The maximum atomic E-state index is 9.79. The van der Waals surface area contributed by atoms with Crippen molar-refractivity contribution in [2.24, 2.45) is 4.99 Å². The summed E-state index contributed by atoms with van der Waals surface area (Å²) in [6.07, 6.45) is 4.13. The second kappa shape index (κ2) is 9.09. The van der Waals surface area contributed by atoms with Gasteiger partial charge in [0.25, 0.3) is 6.02 Å². The van der Waals surface area contributed by atoms with Crippen molar-refractivity contribution in [3.63, 3.8) is 0 Å². The molecule has 182 valence electrons. The molecule has 2 aromatic carbocycles. The Hall–Kier alpha value is -4.24. The van der Waals surface area contributed by atoms with Crippen molar-refractivity contribution in [1.29, 1.82) is 0 Å². The Morgan fingerprint density at radius 1 is 0.944 bits per heavy atom. The molecule has 1 saturated carbocycles. The summed E-state index contributed by atoms with van der Waals surface area (Å²) in [7, 11) is 0. The molecule has 6 rings (SSSR count). The van der Waals surface area contributed by atoms with Gasteiger partial charge in [-0.05, 0) is 74.4 Å². The van der Waals surface area contributed by atoms with Gasteiger partial charge in [-0.3, -0.25) is 4.98 Å². The molecule has 4 aromatic rings. The molecule has 0 bridgehead atoms. The zero-order valence-corrected chi connectivity index (χ0v) is 20.0. The van der Waals surface area contributed by atoms with Crippen LogP contribution in [0.25, 0.3) is 10.9 Å². The monoisotopic (exact) mass is 482 g/mol. The first-order chi connectivity index (χ1) is 17.5. The van der Waals surface area contributed by atoms with Crippen LogP contribution in [0.15, 0.2) is 66.0 Å². The highest BCUT2D eigenvalue weighted by Crippen LogP contribution is 2.32. The molecule has 1 aliphatic heterocycles. The summed E-state index contributed by atoms with van der Waals surface area (Å²) in [6.45, 7) is 3.94. The molecule has 0 radical (unpaired) electrons. The van der Waals surface area contributed by atoms with Gasteiger partial charge < -0.3 is 25.2 Å². The van der Waals surface area contributed by atoms with Gasteiger partial charge in [0, 0.05) is 28.9 Å². The number of aliphatic hydroxyl groups excluding tert-OH is 1. The average Bonchev–Trinajstić information content (AvgIpc) is 3.39. The number of aliphatic imine (C=N–C) groups is 1. The maximum Gasteiger partial charge on any atom is 0.289 e. The summed E-state index contributed by atoms with van der Waals surface area (Å²) in [6, 6.07) is 16.1. The van der Waals surface area contributed by atoms with Crippen molar-refractivity contribution in [2.45, 2.75) is 44.9 Å². The van der Waals surface area contributed by atoms with E-state index in [1.165, 1.54) is 0 Å². The second-order valence-corrected chi connectivity index (χ2v) is 9.20. The quantitative estimate of drug-likeness (QED) is 0.369. The van der Waals surface area contributed by atoms with Gasteiger partial charge in [0.1, 0.15) is 29.7 Å². The Balaban J connectivity index is 1.21. The number of nitrogens with zero attached hydrogens (tertiary/aromatic N) is 4. The molecule has 36 heavy (non-hydrogen) atoms. The summed E-state index contributed by atoms with van der Waals surface area (Å²) in [5.41, 5.74) is 4.45. The highest BCUT2D eigenvalue weighted by molar-refractivity contribution is 5.97. The third-order valence-electron chi connectivity index (χ3n) is 6.43. The van der Waals surface area contributed by atoms with Gasteiger partial charge in [-0.25, -0.2) is 15.0 Å². The topological polar surface area (TPSA) is 114 Å². The minimum Gasteiger partial charge on any atom is -0.459 e. The van der Waals surface area contributed by atoms with Crippen molar-refractivity contribution >= 4 is 34.1 Å². The fraction of sp³-hybridized carbons (Fsp3) is 0.259. The first-order valence-electron chi connectivity index (χ1n) is 11.9. The van der Waals surface area contributed by atoms with E-state index in [1.54, 1.807) is 12.5 Å². The Morgan fingerprint density at radius 2 is 1.81 bits per heavy atom. The van der Waals surface area contributed by atoms with E-state index in [0.29, 0.717) is 30.4 Å². The molecule has 1 aliphatic carbocycles. The summed E-state index contributed by atoms with van der Waals surface area (Å²) >= 11 is 0. The largest absolute Gasteiger partial charge is 0.459 e. The predicted octanol–water partition coefficient (Wildman–Crippen LogP) is 4.87. The smallest absolute Gasteiger partial charge is 0.289 e. The van der Waals surface area contributed by atoms with E-state index >= 15 is 0 Å². The van der Waals surface area contributed by atoms with Crippen LogP contribution in [0, 0.1) is 13.8 Å². The third-order valence-corrected chi connectivity index (χ3v) is 6.43. The van der Waals surface area contributed by atoms with E-state index in [9.17, 15) is 5.11 Å². The van der Waals surface area contributed by atoms with Crippen LogP contribution in [0.2, 0.25) is 0 Å². The number of anilines is 3. The van der Waals surface area contributed by atoms with E-state index < -0.39 is 0 Å². The van der Waals surface area contributed by atoms with Gasteiger partial charge in [0.2, 0.25) is 0 Å². The molecule has 0 unspecified atom stereocenters. The number of aryl methyl sites for hydroxylation is 2. The fourth-order valence-electron chi connectivity index (χ4n) is 4.58. The number of amidine groups is 1. The number of fused-ring (bicyclic) bond motifs is 2. The van der Waals surface area contributed by atoms with Gasteiger partial charge in [-0.15, -0.1) is 0 Å². The number of hydrogen-bond acceptors (Lipinski definition) is 9. The van der Waals surface area contributed by atoms with Crippen LogP contribution in [-0.4, -0.2) is 44.3 Å². The summed E-state index contributed by atoms with van der Waals surface area (Å²) in [5, 5.41) is 17.3. The SMILES string of the molecule is Cc1ccc(Oc2ccc(Nc3ncnc4ccc(NC5=N[C@@H]6C[C@@H](O)C[C@@H]6O5)cc34)cc2C)cn1. The van der Waals surface area contributed by atoms with E-state index in [-0.39, 0.29) is 18.2 Å². The number of aromatic nitrogens is 3. The molecule has 9 heteroatoms. The van der Waals surface area contributed by atoms with Crippen LogP contribution in [0.4, 0.5) is 17.2 Å². The van der Waals surface area contributed by atoms with Crippen molar-refractivity contribution in [3.8, 4) is 11.5 Å². The molecule has 9 nitrogen and oxygen atoms in total. The molecular weight excluding hydrogens is 456 g/mol. The first kappa shape index (κ1) is 22.2. The zero-order chi connectivity index (χ0) is 24.6. The fourth-order valence-corrected chi connectivity index (χ4v) is 4.58. The van der Waals surface area contributed by atoms with Gasteiger partial charge in [0.15, 0.2) is 0 Å². The molecule has 2 aromatic heterocycles. The van der Waals surface area contributed by atoms with E-state index in [2.05, 4.69) is 30.6 Å². The highest BCUT2D eigenvalue weighted by Gasteiger charge is 2.40. The summed E-state index contributed by atoms with van der Waals surface area (Å²) in [4.78, 5) is 17.7. The Kier molecular flexibility index (Phi) is 5.61. The number of benzene rings is 2. The predicted molar refractivity (Wildman–Crippen MR) is 138 cm³/mol. The maximum absolute atomic E-state index is 9.79. The average molecular weight is 483 g/mol. The minimum absolute atomic E-state index is 0.0148. The normalized spacial score (nSPS) is 20.5. The van der Waals surface area contributed by atoms with Crippen LogP contribution in [0.5, 0.6) is 11.5 Å². The van der Waals surface area contributed by atoms with Crippen molar-refractivity contribution in [1.82, 2.24) is 15.0 Å². The minimum atomic E-state index is -0.333. The molecule has 0 spiro atoms. The zero-order valence-electron chi connectivity index (χ0n) is 20.0. The van der Waals surface area contributed by atoms with E-state index in [4.69, 9.17) is 9.47 Å². The Bertz CT molecular complexity index is 1460. The van der Waals surface area contributed by atoms with Gasteiger partial charge in [0.05, 0.1) is 23.9 Å². The first-order valence-corrected chi connectivity index (χ1v) is 11.9. The van der Waals surface area contributed by atoms with Gasteiger partial charge >= 0.3 is 0 Å². The lowest BCUT2D eigenvalue weighted by atomic mass is 10.1. The van der Waals surface area contributed by atoms with Crippen molar-refractivity contribution in [2.75, 3.05) is 10.6 Å². The van der Waals surface area contributed by atoms with Crippen LogP contribution < -0.4 is 15.4 Å². The lowest BCUT2D eigenvalue weighted by Crippen LogP contribution is -2.19. The molecule has 1 fully saturated rings.